The summed E-state index contributed by atoms with van der Waals surface area (Å²) in [7, 11) is -6.31. The fourth-order valence-electron chi connectivity index (χ4n) is 4.56. The van der Waals surface area contributed by atoms with Gasteiger partial charge in [-0.25, -0.2) is 8.42 Å². The first-order chi connectivity index (χ1) is 19.2. The minimum Gasteiger partial charge on any atom is -0.744 e. The van der Waals surface area contributed by atoms with Crippen LogP contribution in [0.15, 0.2) is 89.8 Å². The molecule has 0 aliphatic heterocycles. The summed E-state index contributed by atoms with van der Waals surface area (Å²) < 4.78 is 33.8. The molecule has 0 bridgehead atoms. The summed E-state index contributed by atoms with van der Waals surface area (Å²) >= 11 is 18.2. The van der Waals surface area contributed by atoms with Crippen LogP contribution in [0.1, 0.15) is 52.7 Å². The zero-order valence-corrected chi connectivity index (χ0v) is 28.7. The second-order valence-electron chi connectivity index (χ2n) is 12.3. The van der Waals surface area contributed by atoms with Crippen molar-refractivity contribution in [3.8, 4) is 5.75 Å². The topological polar surface area (TPSA) is 77.4 Å². The van der Waals surface area contributed by atoms with Crippen molar-refractivity contribution in [2.75, 3.05) is 6.66 Å². The number of benzene rings is 4. The molecule has 1 N–H and O–H groups in total. The SMILES string of the molecule is CC(C)(C)c1cc(S(=O)(=O)[O-])cc(C(C)(C)C)c1O.C[P+](c1ccc(Cl)cc1)(c1ccc(Cl)cc1)c1ccc(Cl)cc1. The molecule has 42 heavy (non-hydrogen) atoms. The summed E-state index contributed by atoms with van der Waals surface area (Å²) in [4.78, 5) is -0.292. The normalized spacial score (nSPS) is 12.5. The van der Waals surface area contributed by atoms with Crippen LogP contribution in [-0.2, 0) is 20.9 Å². The van der Waals surface area contributed by atoms with Crippen molar-refractivity contribution in [2.45, 2.75) is 57.3 Å². The van der Waals surface area contributed by atoms with Crippen LogP contribution in [-0.4, -0.2) is 24.7 Å². The van der Waals surface area contributed by atoms with E-state index in [0.717, 1.165) is 15.1 Å². The van der Waals surface area contributed by atoms with Gasteiger partial charge in [0.15, 0.2) is 0 Å². The van der Waals surface area contributed by atoms with Gasteiger partial charge in [0.05, 0.1) is 11.6 Å². The lowest BCUT2D eigenvalue weighted by Gasteiger charge is -2.28. The van der Waals surface area contributed by atoms with E-state index in [1.54, 1.807) is 0 Å². The Morgan fingerprint density at radius 3 is 1.10 bits per heavy atom. The fourth-order valence-corrected chi connectivity index (χ4v) is 8.59. The molecule has 4 nitrogen and oxygen atoms in total. The Balaban J connectivity index is 0.000000236. The van der Waals surface area contributed by atoms with Crippen LogP contribution in [0.2, 0.25) is 15.1 Å². The maximum Gasteiger partial charge on any atom is 0.124 e. The fraction of sp³-hybridized carbons (Fsp3) is 0.273. The van der Waals surface area contributed by atoms with Gasteiger partial charge in [0.2, 0.25) is 0 Å². The number of phenolic OH excluding ortho intramolecular Hbond substituents is 1. The lowest BCUT2D eigenvalue weighted by Crippen LogP contribution is -2.30. The molecule has 4 rings (SSSR count). The molecule has 0 spiro atoms. The van der Waals surface area contributed by atoms with Gasteiger partial charge in [0, 0.05) is 26.2 Å². The minimum absolute atomic E-state index is 0.0624. The van der Waals surface area contributed by atoms with Crippen LogP contribution in [0.25, 0.3) is 0 Å². The summed E-state index contributed by atoms with van der Waals surface area (Å²) in [6.07, 6.45) is 0. The lowest BCUT2D eigenvalue weighted by molar-refractivity contribution is 0.420. The lowest BCUT2D eigenvalue weighted by atomic mass is 9.79. The summed E-state index contributed by atoms with van der Waals surface area (Å²) in [6.45, 7) is 13.4. The molecule has 0 aromatic heterocycles. The number of aromatic hydroxyl groups is 1. The molecule has 224 valence electrons. The maximum absolute atomic E-state index is 11.3. The third-order valence-corrected chi connectivity index (χ3v) is 12.6. The Bertz CT molecular complexity index is 1490. The molecule has 0 aliphatic rings. The van der Waals surface area contributed by atoms with Crippen LogP contribution >= 0.6 is 42.1 Å². The van der Waals surface area contributed by atoms with Gasteiger partial charge in [0.1, 0.15) is 39.0 Å². The number of rotatable bonds is 4. The predicted octanol–water partition coefficient (Wildman–Crippen LogP) is 8.46. The summed E-state index contributed by atoms with van der Waals surface area (Å²) in [6, 6.07) is 26.9. The van der Waals surface area contributed by atoms with E-state index in [9.17, 15) is 18.1 Å². The third kappa shape index (κ3) is 8.08. The van der Waals surface area contributed by atoms with Crippen molar-refractivity contribution in [2.24, 2.45) is 0 Å². The van der Waals surface area contributed by atoms with Crippen molar-refractivity contribution in [3.05, 3.63) is 111 Å². The molecule has 0 fully saturated rings. The molecule has 0 heterocycles. The Morgan fingerprint density at radius 2 is 0.881 bits per heavy atom. The number of hydrogen-bond acceptors (Lipinski definition) is 4. The first-order valence-corrected chi connectivity index (χ1v) is 18.0. The molecule has 0 radical (unpaired) electrons. The van der Waals surface area contributed by atoms with E-state index < -0.39 is 28.2 Å². The number of phenols is 1. The Kier molecular flexibility index (Phi) is 10.5. The maximum atomic E-state index is 11.3. The van der Waals surface area contributed by atoms with Gasteiger partial charge in [-0.15, -0.1) is 0 Å². The van der Waals surface area contributed by atoms with E-state index in [1.165, 1.54) is 28.0 Å². The Morgan fingerprint density at radius 1 is 0.619 bits per heavy atom. The van der Waals surface area contributed by atoms with Gasteiger partial charge in [-0.05, 0) is 95.8 Å². The summed E-state index contributed by atoms with van der Waals surface area (Å²) in [5.74, 6) is 0.0624. The largest absolute Gasteiger partial charge is 0.744 e. The molecule has 0 atom stereocenters. The second-order valence-corrected chi connectivity index (χ2v) is 18.5. The van der Waals surface area contributed by atoms with Crippen LogP contribution in [0.3, 0.4) is 0 Å². The highest BCUT2D eigenvalue weighted by Crippen LogP contribution is 2.51. The first-order valence-electron chi connectivity index (χ1n) is 13.2. The van der Waals surface area contributed by atoms with Gasteiger partial charge in [0.25, 0.3) is 0 Å². The van der Waals surface area contributed by atoms with Crippen molar-refractivity contribution in [1.29, 1.82) is 0 Å². The highest BCUT2D eigenvalue weighted by molar-refractivity contribution is 7.95. The molecule has 4 aromatic rings. The predicted molar refractivity (Wildman–Crippen MR) is 180 cm³/mol. The van der Waals surface area contributed by atoms with Crippen LogP contribution in [0, 0.1) is 0 Å². The molecule has 4 aromatic carbocycles. The van der Waals surface area contributed by atoms with E-state index in [4.69, 9.17) is 34.8 Å². The van der Waals surface area contributed by atoms with Crippen molar-refractivity contribution in [1.82, 2.24) is 0 Å². The summed E-state index contributed by atoms with van der Waals surface area (Å²) in [5.41, 5.74) is 0.0268. The third-order valence-electron chi connectivity index (χ3n) is 7.02. The highest BCUT2D eigenvalue weighted by Gasteiger charge is 2.40. The molecule has 9 heteroatoms. The van der Waals surface area contributed by atoms with Gasteiger partial charge in [-0.3, -0.25) is 0 Å². The highest BCUT2D eigenvalue weighted by atomic mass is 35.5. The van der Waals surface area contributed by atoms with Gasteiger partial charge >= 0.3 is 0 Å². The smallest absolute Gasteiger partial charge is 0.124 e. The standard InChI is InChI=1S/C19H15Cl3P.C14H22O4S/c1-23(17-8-2-14(20)3-9-17,18-10-4-15(21)5-11-18)19-12-6-16(22)7-13-19;1-13(2,3)10-7-9(19(16,17)18)8-11(12(10)15)14(4,5)6/h2-13H,1H3;7-8,15H,1-6H3,(H,16,17,18)/q+1;/p-1. The molecule has 0 saturated heterocycles. The zero-order chi connectivity index (χ0) is 31.7. The quantitative estimate of drug-likeness (QED) is 0.175. The second kappa shape index (κ2) is 12.9. The van der Waals surface area contributed by atoms with E-state index in [-0.39, 0.29) is 10.6 Å². The number of halogens is 3. The van der Waals surface area contributed by atoms with Crippen LogP contribution < -0.4 is 15.9 Å². The number of hydrogen-bond donors (Lipinski definition) is 1. The molecule has 0 unspecified atom stereocenters. The average Bonchev–Trinajstić information content (AvgIpc) is 2.88. The van der Waals surface area contributed by atoms with Gasteiger partial charge < -0.3 is 9.66 Å². The van der Waals surface area contributed by atoms with E-state index in [0.29, 0.717) is 11.1 Å². The van der Waals surface area contributed by atoms with Crippen molar-refractivity contribution < 1.29 is 18.1 Å². The van der Waals surface area contributed by atoms with Gasteiger partial charge in [-0.2, -0.15) is 0 Å². The van der Waals surface area contributed by atoms with Gasteiger partial charge in [-0.1, -0.05) is 76.3 Å². The van der Waals surface area contributed by atoms with E-state index in [2.05, 4.69) is 43.1 Å². The van der Waals surface area contributed by atoms with Crippen molar-refractivity contribution in [3.63, 3.8) is 0 Å². The average molecular weight is 666 g/mol. The minimum atomic E-state index is -4.55. The molecular formula is C33H36Cl3O4PS. The Labute approximate surface area is 265 Å². The summed E-state index contributed by atoms with van der Waals surface area (Å²) in [5, 5.41) is 16.4. The molecule has 0 amide bonds. The zero-order valence-electron chi connectivity index (χ0n) is 24.7. The van der Waals surface area contributed by atoms with Crippen LogP contribution in [0.5, 0.6) is 5.75 Å². The molecule has 0 saturated carbocycles. The first kappa shape index (κ1) is 34.4. The van der Waals surface area contributed by atoms with E-state index >= 15 is 0 Å². The van der Waals surface area contributed by atoms with E-state index in [1.807, 2.05) is 77.9 Å². The molecular weight excluding hydrogens is 630 g/mol. The van der Waals surface area contributed by atoms with Crippen molar-refractivity contribution >= 4 is 68.1 Å². The molecule has 0 aliphatic carbocycles. The Hall–Kier alpha value is -2.11. The van der Waals surface area contributed by atoms with Crippen LogP contribution in [0.4, 0.5) is 0 Å². The monoisotopic (exact) mass is 664 g/mol.